The van der Waals surface area contributed by atoms with Gasteiger partial charge in [0.1, 0.15) is 12.2 Å². The van der Waals surface area contributed by atoms with E-state index < -0.39 is 11.6 Å². The van der Waals surface area contributed by atoms with Gasteiger partial charge < -0.3 is 19.6 Å². The van der Waals surface area contributed by atoms with E-state index in [0.717, 1.165) is 25.3 Å². The molecule has 6 nitrogen and oxygen atoms in total. The van der Waals surface area contributed by atoms with Crippen LogP contribution in [0.25, 0.3) is 0 Å². The number of carboxylic acids is 1. The molecule has 2 saturated heterocycles. The first-order valence-corrected chi connectivity index (χ1v) is 7.99. The fourth-order valence-corrected chi connectivity index (χ4v) is 3.74. The Kier molecular flexibility index (Phi) is 4.80. The lowest BCUT2D eigenvalue weighted by Crippen LogP contribution is -2.66. The minimum absolute atomic E-state index is 0.0557. The summed E-state index contributed by atoms with van der Waals surface area (Å²) in [4.78, 5) is 26.5. The van der Waals surface area contributed by atoms with E-state index in [1.54, 1.807) is 4.90 Å². The Morgan fingerprint density at radius 3 is 2.70 bits per heavy atom. The standard InChI is InChI=1S/C13H22N2O4S/c1-3-10-6-14(4-5-20-10)12(18)15-8-13(2,9-15)19-7-11(16)17/h10H,3-9H2,1-2H3,(H,16,17). The van der Waals surface area contributed by atoms with Crippen molar-refractivity contribution in [3.05, 3.63) is 0 Å². The number of aliphatic carboxylic acids is 1. The summed E-state index contributed by atoms with van der Waals surface area (Å²) < 4.78 is 5.32. The third kappa shape index (κ3) is 3.58. The first kappa shape index (κ1) is 15.4. The van der Waals surface area contributed by atoms with Crippen LogP contribution in [0, 0.1) is 0 Å². The van der Waals surface area contributed by atoms with Gasteiger partial charge in [0.25, 0.3) is 0 Å². The van der Waals surface area contributed by atoms with Gasteiger partial charge in [-0.3, -0.25) is 0 Å². The van der Waals surface area contributed by atoms with Gasteiger partial charge in [0.15, 0.2) is 0 Å². The van der Waals surface area contributed by atoms with Gasteiger partial charge in [-0.2, -0.15) is 11.8 Å². The van der Waals surface area contributed by atoms with Crippen molar-refractivity contribution < 1.29 is 19.4 Å². The quantitative estimate of drug-likeness (QED) is 0.842. The van der Waals surface area contributed by atoms with E-state index in [0.29, 0.717) is 18.3 Å². The predicted octanol–water partition coefficient (Wildman–Crippen LogP) is 1.11. The Balaban J connectivity index is 1.79. The van der Waals surface area contributed by atoms with Crippen LogP contribution in [-0.2, 0) is 9.53 Å². The van der Waals surface area contributed by atoms with Crippen molar-refractivity contribution >= 4 is 23.8 Å². The normalized spacial score (nSPS) is 25.2. The molecule has 0 spiro atoms. The highest BCUT2D eigenvalue weighted by Gasteiger charge is 2.44. The summed E-state index contributed by atoms with van der Waals surface area (Å²) in [5.41, 5.74) is -0.511. The molecule has 2 aliphatic rings. The molecule has 0 radical (unpaired) electrons. The molecule has 7 heteroatoms. The first-order chi connectivity index (χ1) is 9.43. The maximum atomic E-state index is 12.3. The average Bonchev–Trinajstić information content (AvgIpc) is 2.41. The zero-order chi connectivity index (χ0) is 14.8. The van der Waals surface area contributed by atoms with Gasteiger partial charge in [-0.15, -0.1) is 0 Å². The fourth-order valence-electron chi connectivity index (χ4n) is 2.56. The van der Waals surface area contributed by atoms with Gasteiger partial charge in [0.2, 0.25) is 0 Å². The van der Waals surface area contributed by atoms with Crippen LogP contribution in [0.2, 0.25) is 0 Å². The second kappa shape index (κ2) is 6.22. The molecule has 2 amide bonds. The SMILES string of the molecule is CCC1CN(C(=O)N2CC(C)(OCC(=O)O)C2)CCS1. The Morgan fingerprint density at radius 2 is 2.10 bits per heavy atom. The van der Waals surface area contributed by atoms with Gasteiger partial charge in [0, 0.05) is 24.1 Å². The molecule has 0 aliphatic carbocycles. The van der Waals surface area contributed by atoms with Crippen LogP contribution >= 0.6 is 11.8 Å². The average molecular weight is 302 g/mol. The number of thioether (sulfide) groups is 1. The summed E-state index contributed by atoms with van der Waals surface area (Å²) >= 11 is 1.93. The summed E-state index contributed by atoms with van der Waals surface area (Å²) in [7, 11) is 0. The van der Waals surface area contributed by atoms with Gasteiger partial charge in [0.05, 0.1) is 13.1 Å². The third-order valence-electron chi connectivity index (χ3n) is 3.73. The molecule has 0 saturated carbocycles. The molecule has 1 atom stereocenters. The molecule has 114 valence electrons. The maximum absolute atomic E-state index is 12.3. The molecular formula is C13H22N2O4S. The number of rotatable bonds is 4. The third-order valence-corrected chi connectivity index (χ3v) is 5.10. The number of carboxylic acid groups (broad SMARTS) is 1. The van der Waals surface area contributed by atoms with Crippen LogP contribution < -0.4 is 0 Å². The summed E-state index contributed by atoms with van der Waals surface area (Å²) in [5, 5.41) is 9.15. The molecular weight excluding hydrogens is 280 g/mol. The number of carbonyl (C=O) groups is 2. The second-order valence-corrected chi connectivity index (χ2v) is 7.03. The smallest absolute Gasteiger partial charge is 0.329 e. The van der Waals surface area contributed by atoms with Crippen molar-refractivity contribution in [2.45, 2.75) is 31.1 Å². The van der Waals surface area contributed by atoms with Crippen molar-refractivity contribution in [2.24, 2.45) is 0 Å². The summed E-state index contributed by atoms with van der Waals surface area (Å²) in [5.74, 6) is 0.0139. The molecule has 0 aromatic rings. The van der Waals surface area contributed by atoms with E-state index >= 15 is 0 Å². The topological polar surface area (TPSA) is 70.1 Å². The molecule has 0 bridgehead atoms. The number of urea groups is 1. The largest absolute Gasteiger partial charge is 0.480 e. The van der Waals surface area contributed by atoms with Gasteiger partial charge >= 0.3 is 12.0 Å². The van der Waals surface area contributed by atoms with E-state index in [2.05, 4.69) is 6.92 Å². The molecule has 2 fully saturated rings. The van der Waals surface area contributed by atoms with Crippen molar-refractivity contribution in [3.8, 4) is 0 Å². The highest BCUT2D eigenvalue weighted by Crippen LogP contribution is 2.28. The van der Waals surface area contributed by atoms with Crippen LogP contribution in [0.4, 0.5) is 4.79 Å². The number of hydrogen-bond acceptors (Lipinski definition) is 4. The Hall–Kier alpha value is -0.950. The van der Waals surface area contributed by atoms with Crippen LogP contribution in [0.3, 0.4) is 0 Å². The number of ether oxygens (including phenoxy) is 1. The lowest BCUT2D eigenvalue weighted by molar-refractivity contribution is -0.160. The molecule has 1 N–H and O–H groups in total. The number of likely N-dealkylation sites (tertiary alicyclic amines) is 1. The van der Waals surface area contributed by atoms with Crippen molar-refractivity contribution in [1.29, 1.82) is 0 Å². The van der Waals surface area contributed by atoms with Gasteiger partial charge in [-0.05, 0) is 13.3 Å². The van der Waals surface area contributed by atoms with Crippen molar-refractivity contribution in [2.75, 3.05) is 38.5 Å². The number of hydrogen-bond donors (Lipinski definition) is 1. The monoisotopic (exact) mass is 302 g/mol. The maximum Gasteiger partial charge on any atom is 0.329 e. The fraction of sp³-hybridized carbons (Fsp3) is 0.846. The summed E-state index contributed by atoms with van der Waals surface area (Å²) in [6, 6.07) is 0.0557. The molecule has 0 aromatic carbocycles. The van der Waals surface area contributed by atoms with Crippen LogP contribution in [-0.4, -0.2) is 76.3 Å². The number of amides is 2. The van der Waals surface area contributed by atoms with E-state index in [1.165, 1.54) is 0 Å². The minimum Gasteiger partial charge on any atom is -0.480 e. The first-order valence-electron chi connectivity index (χ1n) is 6.95. The molecule has 2 aliphatic heterocycles. The Labute approximate surface area is 123 Å². The lowest BCUT2D eigenvalue weighted by atomic mass is 9.97. The van der Waals surface area contributed by atoms with Crippen LogP contribution in [0.15, 0.2) is 0 Å². The van der Waals surface area contributed by atoms with E-state index in [-0.39, 0.29) is 12.6 Å². The van der Waals surface area contributed by atoms with Crippen molar-refractivity contribution in [1.82, 2.24) is 9.80 Å². The van der Waals surface area contributed by atoms with E-state index in [4.69, 9.17) is 9.84 Å². The molecule has 2 heterocycles. The van der Waals surface area contributed by atoms with E-state index in [9.17, 15) is 9.59 Å². The molecule has 0 aromatic heterocycles. The van der Waals surface area contributed by atoms with Crippen molar-refractivity contribution in [3.63, 3.8) is 0 Å². The number of nitrogens with zero attached hydrogens (tertiary/aromatic N) is 2. The Morgan fingerprint density at radius 1 is 1.40 bits per heavy atom. The predicted molar refractivity (Wildman–Crippen MR) is 77.1 cm³/mol. The van der Waals surface area contributed by atoms with Gasteiger partial charge in [-0.25, -0.2) is 9.59 Å². The lowest BCUT2D eigenvalue weighted by Gasteiger charge is -2.49. The molecule has 2 rings (SSSR count). The number of carbonyl (C=O) groups excluding carboxylic acids is 1. The second-order valence-electron chi connectivity index (χ2n) is 5.62. The van der Waals surface area contributed by atoms with E-state index in [1.807, 2.05) is 23.6 Å². The molecule has 1 unspecified atom stereocenters. The highest BCUT2D eigenvalue weighted by molar-refractivity contribution is 8.00. The highest BCUT2D eigenvalue weighted by atomic mass is 32.2. The summed E-state index contributed by atoms with van der Waals surface area (Å²) in [6.45, 7) is 6.23. The zero-order valence-electron chi connectivity index (χ0n) is 12.0. The minimum atomic E-state index is -0.977. The van der Waals surface area contributed by atoms with Crippen LogP contribution in [0.1, 0.15) is 20.3 Å². The van der Waals surface area contributed by atoms with Crippen LogP contribution in [0.5, 0.6) is 0 Å². The zero-order valence-corrected chi connectivity index (χ0v) is 12.8. The van der Waals surface area contributed by atoms with Gasteiger partial charge in [-0.1, -0.05) is 6.92 Å². The molecule has 20 heavy (non-hydrogen) atoms. The summed E-state index contributed by atoms with van der Waals surface area (Å²) in [6.07, 6.45) is 1.08. The Bertz CT molecular complexity index is 385.